The Kier molecular flexibility index (Phi) is 5.74. The number of nitrogens with zero attached hydrogens (tertiary/aromatic N) is 4. The van der Waals surface area contributed by atoms with E-state index in [4.69, 9.17) is 0 Å². The first kappa shape index (κ1) is 18.7. The lowest BCUT2D eigenvalue weighted by Gasteiger charge is -2.33. The largest absolute Gasteiger partial charge is 0.371 e. The maximum absolute atomic E-state index is 12.8. The zero-order valence-electron chi connectivity index (χ0n) is 16.6. The lowest BCUT2D eigenvalue weighted by atomic mass is 10.0. The third-order valence-corrected chi connectivity index (χ3v) is 5.92. The van der Waals surface area contributed by atoms with E-state index >= 15 is 0 Å². The number of para-hydroxylation sites is 1. The molecule has 2 fully saturated rings. The summed E-state index contributed by atoms with van der Waals surface area (Å²) in [4.78, 5) is 26.1. The third-order valence-electron chi connectivity index (χ3n) is 5.92. The molecule has 6 heteroatoms. The molecule has 0 spiro atoms. The first-order valence-corrected chi connectivity index (χ1v) is 10.4. The maximum Gasteiger partial charge on any atom is 0.225 e. The molecule has 6 nitrogen and oxygen atoms in total. The van der Waals surface area contributed by atoms with E-state index in [-0.39, 0.29) is 17.9 Å². The van der Waals surface area contributed by atoms with E-state index in [9.17, 15) is 4.79 Å². The minimum Gasteiger partial charge on any atom is -0.371 e. The van der Waals surface area contributed by atoms with Crippen LogP contribution in [0.5, 0.6) is 0 Å². The maximum atomic E-state index is 12.8. The fourth-order valence-corrected chi connectivity index (χ4v) is 4.17. The molecule has 1 aromatic carbocycles. The number of carbonyl (C=O) groups is 1. The molecule has 1 atom stereocenters. The zero-order chi connectivity index (χ0) is 19.3. The predicted octanol–water partition coefficient (Wildman–Crippen LogP) is 2.65. The summed E-state index contributed by atoms with van der Waals surface area (Å²) >= 11 is 0. The molecule has 2 aromatic rings. The molecular formula is C22H29N5O. The number of benzene rings is 1. The van der Waals surface area contributed by atoms with E-state index in [1.165, 1.54) is 5.69 Å². The predicted molar refractivity (Wildman–Crippen MR) is 112 cm³/mol. The fraction of sp³-hybridized carbons (Fsp3) is 0.500. The van der Waals surface area contributed by atoms with Gasteiger partial charge in [-0.25, -0.2) is 9.97 Å². The van der Waals surface area contributed by atoms with Crippen LogP contribution >= 0.6 is 0 Å². The smallest absolute Gasteiger partial charge is 0.225 e. The lowest BCUT2D eigenvalue weighted by molar-refractivity contribution is -0.125. The molecule has 0 saturated carbocycles. The number of carbonyl (C=O) groups excluding carboxylic acids is 1. The molecule has 1 N–H and O–H groups in total. The van der Waals surface area contributed by atoms with E-state index in [0.717, 1.165) is 63.4 Å². The van der Waals surface area contributed by atoms with Crippen molar-refractivity contribution >= 4 is 17.4 Å². The van der Waals surface area contributed by atoms with Gasteiger partial charge in [-0.2, -0.15) is 0 Å². The second kappa shape index (κ2) is 8.59. The standard InChI is InChI=1S/C22H29N5O/c1-2-18-14-21(24-16-23-18)26-12-9-19(10-13-26)25-22(28)17-8-11-27(15-17)20-6-4-3-5-7-20/h3-7,14,16-17,19H,2,8-13,15H2,1H3,(H,25,28). The van der Waals surface area contributed by atoms with Crippen molar-refractivity contribution < 1.29 is 4.79 Å². The Hall–Kier alpha value is -2.63. The molecule has 2 aliphatic rings. The molecule has 0 aliphatic carbocycles. The van der Waals surface area contributed by atoms with Crippen LogP contribution in [0.3, 0.4) is 0 Å². The average molecular weight is 380 g/mol. The molecule has 3 heterocycles. The Labute approximate surface area is 167 Å². The summed E-state index contributed by atoms with van der Waals surface area (Å²) in [5, 5.41) is 3.30. The van der Waals surface area contributed by atoms with Crippen molar-refractivity contribution in [3.63, 3.8) is 0 Å². The summed E-state index contributed by atoms with van der Waals surface area (Å²) in [5.41, 5.74) is 2.28. The van der Waals surface area contributed by atoms with Gasteiger partial charge in [0.25, 0.3) is 0 Å². The van der Waals surface area contributed by atoms with Crippen LogP contribution in [0.2, 0.25) is 0 Å². The van der Waals surface area contributed by atoms with Crippen LogP contribution in [0.15, 0.2) is 42.7 Å². The van der Waals surface area contributed by atoms with Crippen molar-refractivity contribution in [2.75, 3.05) is 36.0 Å². The third kappa shape index (κ3) is 4.26. The Balaban J connectivity index is 1.26. The first-order chi connectivity index (χ1) is 13.7. The highest BCUT2D eigenvalue weighted by molar-refractivity contribution is 5.80. The van der Waals surface area contributed by atoms with Crippen LogP contribution in [-0.2, 0) is 11.2 Å². The molecule has 0 radical (unpaired) electrons. The Morgan fingerprint density at radius 2 is 1.82 bits per heavy atom. The fourth-order valence-electron chi connectivity index (χ4n) is 4.17. The van der Waals surface area contributed by atoms with Crippen LogP contribution in [0.25, 0.3) is 0 Å². The van der Waals surface area contributed by atoms with Gasteiger partial charge in [0.05, 0.1) is 5.92 Å². The van der Waals surface area contributed by atoms with Crippen molar-refractivity contribution in [3.8, 4) is 0 Å². The van der Waals surface area contributed by atoms with E-state index in [1.54, 1.807) is 6.33 Å². The SMILES string of the molecule is CCc1cc(N2CCC(NC(=O)C3CCN(c4ccccc4)C3)CC2)ncn1. The van der Waals surface area contributed by atoms with E-state index in [2.05, 4.69) is 62.3 Å². The molecule has 2 saturated heterocycles. The molecule has 28 heavy (non-hydrogen) atoms. The second-order valence-corrected chi connectivity index (χ2v) is 7.76. The summed E-state index contributed by atoms with van der Waals surface area (Å²) in [5.74, 6) is 1.31. The highest BCUT2D eigenvalue weighted by atomic mass is 16.2. The normalized spacial score (nSPS) is 20.4. The van der Waals surface area contributed by atoms with Gasteiger partial charge in [0, 0.05) is 49.7 Å². The van der Waals surface area contributed by atoms with Gasteiger partial charge in [-0.05, 0) is 37.8 Å². The minimum absolute atomic E-state index is 0.0900. The molecule has 0 bridgehead atoms. The Morgan fingerprint density at radius 1 is 1.07 bits per heavy atom. The molecule has 148 valence electrons. The van der Waals surface area contributed by atoms with Crippen molar-refractivity contribution in [2.24, 2.45) is 5.92 Å². The van der Waals surface area contributed by atoms with Crippen molar-refractivity contribution in [1.29, 1.82) is 0 Å². The molecule has 1 amide bonds. The number of anilines is 2. The van der Waals surface area contributed by atoms with Crippen molar-refractivity contribution in [1.82, 2.24) is 15.3 Å². The van der Waals surface area contributed by atoms with Crippen LogP contribution in [0, 0.1) is 5.92 Å². The highest BCUT2D eigenvalue weighted by Crippen LogP contribution is 2.24. The van der Waals surface area contributed by atoms with E-state index in [1.807, 2.05) is 6.07 Å². The molecule has 1 aromatic heterocycles. The van der Waals surface area contributed by atoms with Crippen LogP contribution in [0.1, 0.15) is 31.9 Å². The van der Waals surface area contributed by atoms with Crippen LogP contribution in [0.4, 0.5) is 11.5 Å². The Morgan fingerprint density at radius 3 is 2.57 bits per heavy atom. The average Bonchev–Trinajstić information content (AvgIpc) is 3.25. The van der Waals surface area contributed by atoms with E-state index < -0.39 is 0 Å². The van der Waals surface area contributed by atoms with Gasteiger partial charge in [-0.1, -0.05) is 25.1 Å². The number of piperidine rings is 1. The number of aromatic nitrogens is 2. The lowest BCUT2D eigenvalue weighted by Crippen LogP contribution is -2.47. The summed E-state index contributed by atoms with van der Waals surface area (Å²) in [6, 6.07) is 12.7. The first-order valence-electron chi connectivity index (χ1n) is 10.4. The van der Waals surface area contributed by atoms with Gasteiger partial charge < -0.3 is 15.1 Å². The number of rotatable bonds is 5. The van der Waals surface area contributed by atoms with Gasteiger partial charge in [0.15, 0.2) is 0 Å². The zero-order valence-corrected chi connectivity index (χ0v) is 16.6. The van der Waals surface area contributed by atoms with E-state index in [0.29, 0.717) is 0 Å². The van der Waals surface area contributed by atoms with Crippen LogP contribution in [-0.4, -0.2) is 48.1 Å². The number of hydrogen-bond donors (Lipinski definition) is 1. The molecular weight excluding hydrogens is 350 g/mol. The van der Waals surface area contributed by atoms with Gasteiger partial charge >= 0.3 is 0 Å². The quantitative estimate of drug-likeness (QED) is 0.865. The molecule has 4 rings (SSSR count). The number of amides is 1. The van der Waals surface area contributed by atoms with Gasteiger partial charge in [-0.3, -0.25) is 4.79 Å². The topological polar surface area (TPSA) is 61.4 Å². The minimum atomic E-state index is 0.0900. The number of hydrogen-bond acceptors (Lipinski definition) is 5. The van der Waals surface area contributed by atoms with Gasteiger partial charge in [0.2, 0.25) is 5.91 Å². The van der Waals surface area contributed by atoms with Gasteiger partial charge in [0.1, 0.15) is 12.1 Å². The summed E-state index contributed by atoms with van der Waals surface area (Å²) in [7, 11) is 0. The second-order valence-electron chi connectivity index (χ2n) is 7.76. The molecule has 1 unspecified atom stereocenters. The summed E-state index contributed by atoms with van der Waals surface area (Å²) in [6.45, 7) is 5.72. The summed E-state index contributed by atoms with van der Waals surface area (Å²) < 4.78 is 0. The van der Waals surface area contributed by atoms with Crippen molar-refractivity contribution in [3.05, 3.63) is 48.4 Å². The molecule has 2 aliphatic heterocycles. The monoisotopic (exact) mass is 379 g/mol. The number of nitrogens with one attached hydrogen (secondary N) is 1. The number of aryl methyl sites for hydroxylation is 1. The highest BCUT2D eigenvalue weighted by Gasteiger charge is 2.30. The van der Waals surface area contributed by atoms with Crippen LogP contribution < -0.4 is 15.1 Å². The van der Waals surface area contributed by atoms with Gasteiger partial charge in [-0.15, -0.1) is 0 Å². The Bertz CT molecular complexity index is 789. The van der Waals surface area contributed by atoms with Crippen molar-refractivity contribution in [2.45, 2.75) is 38.6 Å². The summed E-state index contributed by atoms with van der Waals surface area (Å²) in [6.07, 6.45) is 5.43.